The molecular formula is C21H25NO3. The largest absolute Gasteiger partial charge is 0.457 e. The summed E-state index contributed by atoms with van der Waals surface area (Å²) in [6.45, 7) is 8.31. The molecule has 2 rings (SSSR count). The van der Waals surface area contributed by atoms with E-state index in [1.54, 1.807) is 29.7 Å². The van der Waals surface area contributed by atoms with Crippen LogP contribution in [0.3, 0.4) is 0 Å². The Labute approximate surface area is 149 Å². The molecule has 132 valence electrons. The van der Waals surface area contributed by atoms with Gasteiger partial charge in [0.1, 0.15) is 11.5 Å². The number of amides is 1. The summed E-state index contributed by atoms with van der Waals surface area (Å²) < 4.78 is 5.81. The molecule has 0 aliphatic carbocycles. The van der Waals surface area contributed by atoms with Crippen LogP contribution in [0.4, 0.5) is 0 Å². The van der Waals surface area contributed by atoms with Crippen molar-refractivity contribution in [3.8, 4) is 11.5 Å². The third-order valence-corrected chi connectivity index (χ3v) is 4.56. The van der Waals surface area contributed by atoms with Crippen molar-refractivity contribution >= 4 is 5.91 Å². The van der Waals surface area contributed by atoms with Crippen LogP contribution >= 0.6 is 0 Å². The van der Waals surface area contributed by atoms with Gasteiger partial charge in [-0.15, -0.1) is 6.58 Å². The lowest BCUT2D eigenvalue weighted by Gasteiger charge is -2.22. The minimum absolute atomic E-state index is 0.367. The molecule has 0 bridgehead atoms. The number of carbonyl (C=O) groups excluding carboxylic acids is 1. The lowest BCUT2D eigenvalue weighted by atomic mass is 9.84. The number of hydrogen-bond donors (Lipinski definition) is 2. The minimum Gasteiger partial charge on any atom is -0.457 e. The van der Waals surface area contributed by atoms with Gasteiger partial charge < -0.3 is 4.74 Å². The first-order chi connectivity index (χ1) is 12.1. The Morgan fingerprint density at radius 2 is 1.72 bits per heavy atom. The molecule has 0 aliphatic rings. The Bertz CT molecular complexity index is 692. The number of rotatable bonds is 8. The van der Waals surface area contributed by atoms with Gasteiger partial charge >= 0.3 is 0 Å². The van der Waals surface area contributed by atoms with Crippen molar-refractivity contribution in [2.45, 2.75) is 32.6 Å². The molecule has 2 N–H and O–H groups in total. The molecule has 2 aromatic rings. The molecule has 2 unspecified atom stereocenters. The van der Waals surface area contributed by atoms with Crippen LogP contribution in [-0.4, -0.2) is 11.1 Å². The van der Waals surface area contributed by atoms with Gasteiger partial charge in [0.2, 0.25) is 0 Å². The van der Waals surface area contributed by atoms with Gasteiger partial charge in [0.15, 0.2) is 0 Å². The quantitative estimate of drug-likeness (QED) is 0.389. The van der Waals surface area contributed by atoms with E-state index in [1.807, 2.05) is 18.2 Å². The smallest absolute Gasteiger partial charge is 0.274 e. The van der Waals surface area contributed by atoms with Crippen LogP contribution in [0.15, 0.2) is 61.2 Å². The molecule has 0 aliphatic heterocycles. The summed E-state index contributed by atoms with van der Waals surface area (Å²) in [6.07, 6.45) is 4.13. The Morgan fingerprint density at radius 3 is 2.20 bits per heavy atom. The van der Waals surface area contributed by atoms with Gasteiger partial charge in [-0.1, -0.05) is 38.5 Å². The summed E-state index contributed by atoms with van der Waals surface area (Å²) in [5.74, 6) is 1.89. The van der Waals surface area contributed by atoms with E-state index < -0.39 is 5.91 Å². The number of hydroxylamine groups is 1. The average molecular weight is 339 g/mol. The van der Waals surface area contributed by atoms with Crippen molar-refractivity contribution in [2.75, 3.05) is 0 Å². The fourth-order valence-corrected chi connectivity index (χ4v) is 2.93. The van der Waals surface area contributed by atoms with E-state index in [4.69, 9.17) is 9.94 Å². The molecule has 0 radical (unpaired) electrons. The molecule has 1 amide bonds. The van der Waals surface area contributed by atoms with E-state index in [0.29, 0.717) is 23.1 Å². The monoisotopic (exact) mass is 339 g/mol. The Hall–Kier alpha value is -2.59. The maximum Gasteiger partial charge on any atom is 0.274 e. The summed E-state index contributed by atoms with van der Waals surface area (Å²) in [5, 5.41) is 8.62. The van der Waals surface area contributed by atoms with Crippen LogP contribution in [0.25, 0.3) is 0 Å². The van der Waals surface area contributed by atoms with Crippen LogP contribution in [0.5, 0.6) is 11.5 Å². The zero-order valence-corrected chi connectivity index (χ0v) is 14.7. The van der Waals surface area contributed by atoms with E-state index in [-0.39, 0.29) is 0 Å². The number of benzene rings is 2. The molecule has 2 aromatic carbocycles. The van der Waals surface area contributed by atoms with Gasteiger partial charge in [-0.25, -0.2) is 5.48 Å². The third kappa shape index (κ3) is 4.94. The lowest BCUT2D eigenvalue weighted by Crippen LogP contribution is -2.18. The van der Waals surface area contributed by atoms with Crippen molar-refractivity contribution in [2.24, 2.45) is 5.92 Å². The summed E-state index contributed by atoms with van der Waals surface area (Å²) in [5.41, 5.74) is 3.26. The van der Waals surface area contributed by atoms with Crippen LogP contribution in [0, 0.1) is 5.92 Å². The molecule has 4 nitrogen and oxygen atoms in total. The maximum absolute atomic E-state index is 11.3. The predicted molar refractivity (Wildman–Crippen MR) is 99.2 cm³/mol. The van der Waals surface area contributed by atoms with Crippen molar-refractivity contribution in [3.05, 3.63) is 72.3 Å². The predicted octanol–water partition coefficient (Wildman–Crippen LogP) is 5.30. The standard InChI is InChI=1S/C21H25NO3/c1-4-6-16(5-2)15(3)17-7-11-19(12-8-17)25-20-13-9-18(10-14-20)21(23)22-24/h4,7-16,24H,1,5-6H2,2-3H3,(H,22,23). The third-order valence-electron chi connectivity index (χ3n) is 4.56. The van der Waals surface area contributed by atoms with Gasteiger partial charge in [0.25, 0.3) is 5.91 Å². The van der Waals surface area contributed by atoms with Crippen molar-refractivity contribution in [1.82, 2.24) is 5.48 Å². The Kier molecular flexibility index (Phi) is 6.78. The topological polar surface area (TPSA) is 58.6 Å². The molecule has 0 aromatic heterocycles. The molecule has 0 fully saturated rings. The number of ether oxygens (including phenoxy) is 1. The number of nitrogens with one attached hydrogen (secondary N) is 1. The number of carbonyl (C=O) groups is 1. The fraction of sp³-hybridized carbons (Fsp3) is 0.286. The van der Waals surface area contributed by atoms with E-state index in [9.17, 15) is 4.79 Å². The average Bonchev–Trinajstić information content (AvgIpc) is 2.66. The second-order valence-electron chi connectivity index (χ2n) is 6.12. The van der Waals surface area contributed by atoms with E-state index in [0.717, 1.165) is 18.6 Å². The second kappa shape index (κ2) is 9.04. The highest BCUT2D eigenvalue weighted by molar-refractivity contribution is 5.93. The van der Waals surface area contributed by atoms with Gasteiger partial charge in [0.05, 0.1) is 0 Å². The van der Waals surface area contributed by atoms with Gasteiger partial charge in [0, 0.05) is 5.56 Å². The van der Waals surface area contributed by atoms with E-state index in [1.165, 1.54) is 5.56 Å². The van der Waals surface area contributed by atoms with Crippen LogP contribution in [0.2, 0.25) is 0 Å². The van der Waals surface area contributed by atoms with Gasteiger partial charge in [-0.05, 0) is 60.2 Å². The highest BCUT2D eigenvalue weighted by Crippen LogP contribution is 2.31. The highest BCUT2D eigenvalue weighted by Gasteiger charge is 2.16. The first-order valence-electron chi connectivity index (χ1n) is 8.52. The second-order valence-corrected chi connectivity index (χ2v) is 6.12. The molecule has 0 saturated carbocycles. The molecule has 0 spiro atoms. The zero-order chi connectivity index (χ0) is 18.2. The SMILES string of the molecule is C=CCC(CC)C(C)c1ccc(Oc2ccc(C(=O)NO)cc2)cc1. The first kappa shape index (κ1) is 18.7. The van der Waals surface area contributed by atoms with Crippen LogP contribution in [-0.2, 0) is 0 Å². The summed E-state index contributed by atoms with van der Waals surface area (Å²) in [6, 6.07) is 14.7. The normalized spacial score (nSPS) is 12.9. The molecular weight excluding hydrogens is 314 g/mol. The van der Waals surface area contributed by atoms with E-state index in [2.05, 4.69) is 32.6 Å². The zero-order valence-electron chi connectivity index (χ0n) is 14.7. The first-order valence-corrected chi connectivity index (χ1v) is 8.52. The van der Waals surface area contributed by atoms with Crippen molar-refractivity contribution in [3.63, 3.8) is 0 Å². The molecule has 25 heavy (non-hydrogen) atoms. The number of hydrogen-bond acceptors (Lipinski definition) is 3. The summed E-state index contributed by atoms with van der Waals surface area (Å²) in [7, 11) is 0. The maximum atomic E-state index is 11.3. The highest BCUT2D eigenvalue weighted by atomic mass is 16.5. The fourth-order valence-electron chi connectivity index (χ4n) is 2.93. The minimum atomic E-state index is -0.546. The lowest BCUT2D eigenvalue weighted by molar-refractivity contribution is 0.0706. The Morgan fingerprint density at radius 1 is 1.16 bits per heavy atom. The Balaban J connectivity index is 2.04. The van der Waals surface area contributed by atoms with Crippen molar-refractivity contribution < 1.29 is 14.7 Å². The molecule has 0 saturated heterocycles. The molecule has 0 heterocycles. The summed E-state index contributed by atoms with van der Waals surface area (Å²) in [4.78, 5) is 11.3. The van der Waals surface area contributed by atoms with Gasteiger partial charge in [-0.2, -0.15) is 0 Å². The number of allylic oxidation sites excluding steroid dienone is 1. The van der Waals surface area contributed by atoms with E-state index >= 15 is 0 Å². The van der Waals surface area contributed by atoms with Gasteiger partial charge in [-0.3, -0.25) is 10.0 Å². The van der Waals surface area contributed by atoms with Crippen LogP contribution < -0.4 is 10.2 Å². The van der Waals surface area contributed by atoms with Crippen LogP contribution in [0.1, 0.15) is 48.5 Å². The van der Waals surface area contributed by atoms with Crippen molar-refractivity contribution in [1.29, 1.82) is 0 Å². The molecule has 2 atom stereocenters. The summed E-state index contributed by atoms with van der Waals surface area (Å²) >= 11 is 0. The molecule has 4 heteroatoms.